The maximum absolute atomic E-state index is 11.3. The molecule has 1 heterocycles. The lowest BCUT2D eigenvalue weighted by molar-refractivity contribution is 0.473. The molecule has 5 heteroatoms. The zero-order valence-corrected chi connectivity index (χ0v) is 10.0. The minimum Gasteiger partial charge on any atom is -0.506 e. The first kappa shape index (κ1) is 10.5. The van der Waals surface area contributed by atoms with Crippen LogP contribution in [0.4, 0.5) is 0 Å². The van der Waals surface area contributed by atoms with Gasteiger partial charge in [0.1, 0.15) is 15.8 Å². The molecule has 0 saturated heterocycles. The summed E-state index contributed by atoms with van der Waals surface area (Å²) in [7, 11) is 0. The Balaban J connectivity index is 3.00. The molecule has 1 N–H and O–H groups in total. The summed E-state index contributed by atoms with van der Waals surface area (Å²) in [5.41, 5.74) is 0.590. The van der Waals surface area contributed by atoms with Gasteiger partial charge < -0.3 is 9.52 Å². The van der Waals surface area contributed by atoms with Crippen molar-refractivity contribution in [1.82, 2.24) is 0 Å². The van der Waals surface area contributed by atoms with Crippen LogP contribution in [0.1, 0.15) is 5.56 Å². The molecule has 0 bridgehead atoms. The molecule has 1 aromatic carbocycles. The van der Waals surface area contributed by atoms with Crippen molar-refractivity contribution < 1.29 is 9.52 Å². The van der Waals surface area contributed by atoms with Gasteiger partial charge in [-0.05, 0) is 34.5 Å². The number of halogens is 2. The van der Waals surface area contributed by atoms with Gasteiger partial charge in [-0.15, -0.1) is 0 Å². The van der Waals surface area contributed by atoms with Crippen LogP contribution in [0.5, 0.6) is 5.75 Å². The van der Waals surface area contributed by atoms with Gasteiger partial charge in [-0.25, -0.2) is 4.79 Å². The van der Waals surface area contributed by atoms with Crippen molar-refractivity contribution in [1.29, 1.82) is 0 Å². The Morgan fingerprint density at radius 2 is 2.13 bits per heavy atom. The first-order valence-electron chi connectivity index (χ1n) is 4.12. The first-order valence-corrected chi connectivity index (χ1v) is 5.29. The fraction of sp³-hybridized carbons (Fsp3) is 0.100. The van der Waals surface area contributed by atoms with Crippen molar-refractivity contribution in [3.8, 4) is 5.75 Å². The Morgan fingerprint density at radius 3 is 2.80 bits per heavy atom. The molecule has 0 unspecified atom stereocenters. The second kappa shape index (κ2) is 3.54. The lowest BCUT2D eigenvalue weighted by Crippen LogP contribution is -2.02. The number of fused-ring (bicyclic) bond motifs is 1. The van der Waals surface area contributed by atoms with E-state index in [9.17, 15) is 9.90 Å². The maximum atomic E-state index is 11.3. The molecule has 3 nitrogen and oxygen atoms in total. The molecule has 15 heavy (non-hydrogen) atoms. The lowest BCUT2D eigenvalue weighted by Gasteiger charge is -2.04. The summed E-state index contributed by atoms with van der Waals surface area (Å²) in [6.07, 6.45) is 0. The van der Waals surface area contributed by atoms with E-state index in [1.54, 1.807) is 13.0 Å². The number of hydrogen-bond acceptors (Lipinski definition) is 3. The number of benzene rings is 1. The van der Waals surface area contributed by atoms with Crippen LogP contribution in [0.25, 0.3) is 11.0 Å². The van der Waals surface area contributed by atoms with Crippen LogP contribution in [0.2, 0.25) is 5.02 Å². The van der Waals surface area contributed by atoms with Crippen LogP contribution >= 0.6 is 27.5 Å². The van der Waals surface area contributed by atoms with E-state index in [2.05, 4.69) is 15.9 Å². The van der Waals surface area contributed by atoms with Crippen LogP contribution in [0.15, 0.2) is 25.8 Å². The second-order valence-electron chi connectivity index (χ2n) is 3.13. The highest BCUT2D eigenvalue weighted by atomic mass is 79.9. The molecule has 78 valence electrons. The third-order valence-corrected chi connectivity index (χ3v) is 3.39. The Hall–Kier alpha value is -1.00. The monoisotopic (exact) mass is 288 g/mol. The van der Waals surface area contributed by atoms with Crippen LogP contribution in [-0.2, 0) is 0 Å². The van der Waals surface area contributed by atoms with Gasteiger partial charge >= 0.3 is 5.63 Å². The topological polar surface area (TPSA) is 50.4 Å². The van der Waals surface area contributed by atoms with Crippen molar-refractivity contribution in [2.75, 3.05) is 0 Å². The van der Waals surface area contributed by atoms with Gasteiger partial charge in [-0.1, -0.05) is 11.6 Å². The van der Waals surface area contributed by atoms with E-state index in [0.717, 1.165) is 5.56 Å². The van der Waals surface area contributed by atoms with E-state index in [-0.39, 0.29) is 10.8 Å². The molecule has 0 fully saturated rings. The van der Waals surface area contributed by atoms with Gasteiger partial charge in [-0.2, -0.15) is 0 Å². The van der Waals surface area contributed by atoms with Crippen LogP contribution in [0.3, 0.4) is 0 Å². The number of phenols is 1. The Morgan fingerprint density at radius 1 is 1.47 bits per heavy atom. The lowest BCUT2D eigenvalue weighted by atomic mass is 10.1. The maximum Gasteiger partial charge on any atom is 0.350 e. The molecule has 2 aromatic rings. The van der Waals surface area contributed by atoms with E-state index in [1.165, 1.54) is 6.07 Å². The number of rotatable bonds is 0. The summed E-state index contributed by atoms with van der Waals surface area (Å²) in [6, 6.07) is 2.90. The molecular weight excluding hydrogens is 283 g/mol. The molecule has 0 aliphatic heterocycles. The van der Waals surface area contributed by atoms with Gasteiger partial charge in [0, 0.05) is 11.5 Å². The summed E-state index contributed by atoms with van der Waals surface area (Å²) < 4.78 is 5.36. The molecule has 0 spiro atoms. The summed E-state index contributed by atoms with van der Waals surface area (Å²) >= 11 is 8.90. The molecule has 0 radical (unpaired) electrons. The van der Waals surface area contributed by atoms with Crippen molar-refractivity contribution in [2.24, 2.45) is 0 Å². The fourth-order valence-electron chi connectivity index (χ4n) is 1.34. The SMILES string of the molecule is Cc1c(Br)c(=O)oc2cc(O)c(Cl)cc12. The van der Waals surface area contributed by atoms with Gasteiger partial charge in [0.15, 0.2) is 0 Å². The minimum atomic E-state index is -0.471. The van der Waals surface area contributed by atoms with E-state index in [1.807, 2.05) is 0 Å². The Labute approximate surface area is 98.4 Å². The molecule has 1 aromatic heterocycles. The first-order chi connectivity index (χ1) is 7.00. The molecule has 0 saturated carbocycles. The molecule has 2 rings (SSSR count). The molecule has 0 amide bonds. The third-order valence-electron chi connectivity index (χ3n) is 2.16. The fourth-order valence-corrected chi connectivity index (χ4v) is 1.79. The van der Waals surface area contributed by atoms with Crippen molar-refractivity contribution >= 4 is 38.5 Å². The Bertz CT molecular complexity index is 604. The highest BCUT2D eigenvalue weighted by Crippen LogP contribution is 2.31. The van der Waals surface area contributed by atoms with Crippen molar-refractivity contribution in [2.45, 2.75) is 6.92 Å². The van der Waals surface area contributed by atoms with Crippen molar-refractivity contribution in [3.63, 3.8) is 0 Å². The molecular formula is C10H6BrClO3. The second-order valence-corrected chi connectivity index (χ2v) is 4.33. The average molecular weight is 290 g/mol. The summed E-state index contributed by atoms with van der Waals surface area (Å²) in [5.74, 6) is -0.103. The quantitative estimate of drug-likeness (QED) is 0.758. The van der Waals surface area contributed by atoms with Crippen LogP contribution in [-0.4, -0.2) is 5.11 Å². The van der Waals surface area contributed by atoms with Crippen LogP contribution < -0.4 is 5.63 Å². The number of aromatic hydroxyl groups is 1. The largest absolute Gasteiger partial charge is 0.506 e. The third kappa shape index (κ3) is 1.64. The van der Waals surface area contributed by atoms with E-state index in [0.29, 0.717) is 15.4 Å². The number of hydrogen-bond donors (Lipinski definition) is 1. The highest BCUT2D eigenvalue weighted by Gasteiger charge is 2.11. The smallest absolute Gasteiger partial charge is 0.350 e. The summed E-state index contributed by atoms with van der Waals surface area (Å²) in [4.78, 5) is 11.3. The van der Waals surface area contributed by atoms with Gasteiger partial charge in [0.05, 0.1) is 5.02 Å². The zero-order chi connectivity index (χ0) is 11.2. The predicted molar refractivity (Wildman–Crippen MR) is 61.6 cm³/mol. The standard InChI is InChI=1S/C10H6BrClO3/c1-4-5-2-6(12)7(13)3-8(5)15-10(14)9(4)11/h2-3,13H,1H3. The van der Waals surface area contributed by atoms with Crippen molar-refractivity contribution in [3.05, 3.63) is 37.6 Å². The van der Waals surface area contributed by atoms with E-state index in [4.69, 9.17) is 16.0 Å². The molecule has 0 aliphatic carbocycles. The number of aryl methyl sites for hydroxylation is 1. The minimum absolute atomic E-state index is 0.103. The van der Waals surface area contributed by atoms with E-state index >= 15 is 0 Å². The molecule has 0 aliphatic rings. The van der Waals surface area contributed by atoms with Gasteiger partial charge in [0.25, 0.3) is 0 Å². The number of phenolic OH excluding ortho intramolecular Hbond substituents is 1. The highest BCUT2D eigenvalue weighted by molar-refractivity contribution is 9.10. The normalized spacial score (nSPS) is 10.9. The summed E-state index contributed by atoms with van der Waals surface area (Å²) in [5, 5.41) is 10.3. The zero-order valence-electron chi connectivity index (χ0n) is 7.67. The Kier molecular flexibility index (Phi) is 2.48. The average Bonchev–Trinajstić information content (AvgIpc) is 2.19. The molecule has 0 atom stereocenters. The van der Waals surface area contributed by atoms with Crippen LogP contribution in [0, 0.1) is 6.92 Å². The predicted octanol–water partition coefficient (Wildman–Crippen LogP) is 3.22. The summed E-state index contributed by atoms with van der Waals surface area (Å²) in [6.45, 7) is 1.77. The van der Waals surface area contributed by atoms with E-state index < -0.39 is 5.63 Å². The van der Waals surface area contributed by atoms with Gasteiger partial charge in [-0.3, -0.25) is 0 Å². The van der Waals surface area contributed by atoms with Gasteiger partial charge in [0.2, 0.25) is 0 Å².